The van der Waals surface area contributed by atoms with Gasteiger partial charge in [0.25, 0.3) is 5.91 Å². The number of nitrogens with one attached hydrogen (secondary N) is 2. The van der Waals surface area contributed by atoms with Gasteiger partial charge >= 0.3 is 0 Å². The molecule has 2 N–H and O–H groups in total. The summed E-state index contributed by atoms with van der Waals surface area (Å²) in [4.78, 5) is 12.6. The summed E-state index contributed by atoms with van der Waals surface area (Å²) in [6.45, 7) is 0.466. The number of methoxy groups -OCH3 is 1. The van der Waals surface area contributed by atoms with Crippen molar-refractivity contribution >= 4 is 37.4 Å². The Kier molecular flexibility index (Phi) is 5.58. The molecule has 1 aromatic heterocycles. The summed E-state index contributed by atoms with van der Waals surface area (Å²) >= 11 is 1.69. The van der Waals surface area contributed by atoms with Gasteiger partial charge in [-0.3, -0.25) is 4.79 Å². The smallest absolute Gasteiger partial charge is 0.251 e. The van der Waals surface area contributed by atoms with E-state index in [1.165, 1.54) is 34.9 Å². The zero-order chi connectivity index (χ0) is 20.4. The van der Waals surface area contributed by atoms with Gasteiger partial charge in [0.1, 0.15) is 10.6 Å². The molecule has 8 heteroatoms. The molecule has 2 aromatic carbocycles. The van der Waals surface area contributed by atoms with Crippen molar-refractivity contribution in [3.63, 3.8) is 0 Å². The lowest BCUT2D eigenvalue weighted by atomic mass is 10.1. The highest BCUT2D eigenvalue weighted by Gasteiger charge is 2.30. The number of carbonyl (C=O) groups is 1. The maximum Gasteiger partial charge on any atom is 0.251 e. The standard InChI is InChI=1S/C21H22N2O4S2/c1-27-18-9-6-14(12-20(18)29(25,26)23-16-7-8-16)21(24)22-11-10-15-13-28-19-5-3-2-4-17(15)19/h2-6,9,12-13,16,23H,7-8,10-11H2,1H3,(H,22,24). The number of rotatable bonds is 8. The van der Waals surface area contributed by atoms with Crippen LogP contribution in [0, 0.1) is 0 Å². The van der Waals surface area contributed by atoms with E-state index in [-0.39, 0.29) is 28.2 Å². The summed E-state index contributed by atoms with van der Waals surface area (Å²) in [5, 5.41) is 6.19. The van der Waals surface area contributed by atoms with Crippen molar-refractivity contribution in [3.05, 3.63) is 59.0 Å². The van der Waals surface area contributed by atoms with Crippen LogP contribution in [0.3, 0.4) is 0 Å². The SMILES string of the molecule is COc1ccc(C(=O)NCCc2csc3ccccc23)cc1S(=O)(=O)NC1CC1. The van der Waals surface area contributed by atoms with E-state index in [9.17, 15) is 13.2 Å². The number of hydrogen-bond donors (Lipinski definition) is 2. The molecule has 4 rings (SSSR count). The van der Waals surface area contributed by atoms with Gasteiger partial charge in [-0.15, -0.1) is 11.3 Å². The molecule has 1 heterocycles. The van der Waals surface area contributed by atoms with Crippen molar-refractivity contribution in [2.45, 2.75) is 30.2 Å². The molecule has 0 spiro atoms. The molecule has 152 valence electrons. The Bertz CT molecular complexity index is 1150. The van der Waals surface area contributed by atoms with E-state index in [0.29, 0.717) is 13.0 Å². The molecule has 0 bridgehead atoms. The molecule has 0 aliphatic heterocycles. The number of sulfonamides is 1. The first-order valence-corrected chi connectivity index (χ1v) is 11.8. The van der Waals surface area contributed by atoms with Crippen molar-refractivity contribution in [2.75, 3.05) is 13.7 Å². The number of benzene rings is 2. The number of thiophene rings is 1. The van der Waals surface area contributed by atoms with E-state index in [1.54, 1.807) is 17.4 Å². The zero-order valence-electron chi connectivity index (χ0n) is 16.0. The minimum atomic E-state index is -3.73. The summed E-state index contributed by atoms with van der Waals surface area (Å²) < 4.78 is 34.3. The summed E-state index contributed by atoms with van der Waals surface area (Å²) in [5.74, 6) is -0.0884. The first-order chi connectivity index (χ1) is 14.0. The molecule has 3 aromatic rings. The predicted octanol–water partition coefficient (Wildman–Crippen LogP) is 3.32. The minimum absolute atomic E-state index is 0.0108. The lowest BCUT2D eigenvalue weighted by Crippen LogP contribution is -2.28. The Balaban J connectivity index is 1.46. The van der Waals surface area contributed by atoms with Crippen LogP contribution < -0.4 is 14.8 Å². The van der Waals surface area contributed by atoms with E-state index in [0.717, 1.165) is 12.8 Å². The lowest BCUT2D eigenvalue weighted by molar-refractivity contribution is 0.0954. The molecule has 29 heavy (non-hydrogen) atoms. The molecule has 0 saturated heterocycles. The van der Waals surface area contributed by atoms with Crippen LogP contribution in [0.25, 0.3) is 10.1 Å². The third-order valence-electron chi connectivity index (χ3n) is 4.86. The second kappa shape index (κ2) is 8.14. The summed E-state index contributed by atoms with van der Waals surface area (Å²) in [5.41, 5.74) is 1.48. The quantitative estimate of drug-likeness (QED) is 0.574. The van der Waals surface area contributed by atoms with Gasteiger partial charge in [0.05, 0.1) is 7.11 Å². The molecule has 0 unspecified atom stereocenters. The Morgan fingerprint density at radius 2 is 2.00 bits per heavy atom. The topological polar surface area (TPSA) is 84.5 Å². The number of ether oxygens (including phenoxy) is 1. The Labute approximate surface area is 173 Å². The molecule has 1 aliphatic carbocycles. The first-order valence-electron chi connectivity index (χ1n) is 9.41. The van der Waals surface area contributed by atoms with Crippen LogP contribution in [0.1, 0.15) is 28.8 Å². The molecule has 0 radical (unpaired) electrons. The third kappa shape index (κ3) is 4.44. The second-order valence-corrected chi connectivity index (χ2v) is 9.62. The average molecular weight is 431 g/mol. The fourth-order valence-corrected chi connectivity index (χ4v) is 5.65. The van der Waals surface area contributed by atoms with Crippen LogP contribution in [0.4, 0.5) is 0 Å². The van der Waals surface area contributed by atoms with Crippen LogP contribution in [-0.4, -0.2) is 34.0 Å². The molecule has 0 atom stereocenters. The van der Waals surface area contributed by atoms with Gasteiger partial charge in [0.15, 0.2) is 0 Å². The van der Waals surface area contributed by atoms with Gasteiger partial charge in [0.2, 0.25) is 10.0 Å². The molecular formula is C21H22N2O4S2. The summed E-state index contributed by atoms with van der Waals surface area (Å²) in [6.07, 6.45) is 2.37. The van der Waals surface area contributed by atoms with Crippen LogP contribution in [-0.2, 0) is 16.4 Å². The van der Waals surface area contributed by atoms with Gasteiger partial charge in [-0.2, -0.15) is 0 Å². The normalized spacial score (nSPS) is 14.1. The van der Waals surface area contributed by atoms with Crippen molar-refractivity contribution in [2.24, 2.45) is 0 Å². The van der Waals surface area contributed by atoms with Crippen molar-refractivity contribution in [1.29, 1.82) is 0 Å². The van der Waals surface area contributed by atoms with Gasteiger partial charge in [-0.1, -0.05) is 18.2 Å². The van der Waals surface area contributed by atoms with Crippen LogP contribution in [0.5, 0.6) is 5.75 Å². The maximum atomic E-state index is 12.6. The van der Waals surface area contributed by atoms with Crippen LogP contribution in [0.15, 0.2) is 52.7 Å². The van der Waals surface area contributed by atoms with Crippen molar-refractivity contribution in [3.8, 4) is 5.75 Å². The molecular weight excluding hydrogens is 408 g/mol. The van der Waals surface area contributed by atoms with E-state index < -0.39 is 10.0 Å². The number of fused-ring (bicyclic) bond motifs is 1. The Hall–Kier alpha value is -2.42. The fraction of sp³-hybridized carbons (Fsp3) is 0.286. The monoisotopic (exact) mass is 430 g/mol. The Morgan fingerprint density at radius 3 is 2.76 bits per heavy atom. The van der Waals surface area contributed by atoms with E-state index in [2.05, 4.69) is 27.6 Å². The average Bonchev–Trinajstić information content (AvgIpc) is 3.43. The molecule has 1 aliphatic rings. The molecule has 6 nitrogen and oxygen atoms in total. The van der Waals surface area contributed by atoms with Crippen LogP contribution in [0.2, 0.25) is 0 Å². The third-order valence-corrected chi connectivity index (χ3v) is 7.41. The summed E-state index contributed by atoms with van der Waals surface area (Å²) in [7, 11) is -2.32. The van der Waals surface area contributed by atoms with Crippen LogP contribution >= 0.6 is 11.3 Å². The van der Waals surface area contributed by atoms with E-state index >= 15 is 0 Å². The number of amides is 1. The first kappa shape index (κ1) is 19.9. The highest BCUT2D eigenvalue weighted by Crippen LogP contribution is 2.28. The van der Waals surface area contributed by atoms with E-state index in [1.807, 2.05) is 12.1 Å². The summed E-state index contributed by atoms with van der Waals surface area (Å²) in [6, 6.07) is 12.6. The van der Waals surface area contributed by atoms with Gasteiger partial charge in [-0.05, 0) is 59.9 Å². The predicted molar refractivity (Wildman–Crippen MR) is 114 cm³/mol. The van der Waals surface area contributed by atoms with Crippen molar-refractivity contribution in [1.82, 2.24) is 10.0 Å². The molecule has 1 fully saturated rings. The van der Waals surface area contributed by atoms with Gasteiger partial charge in [0, 0.05) is 22.8 Å². The highest BCUT2D eigenvalue weighted by molar-refractivity contribution is 7.89. The number of carbonyl (C=O) groups excluding carboxylic acids is 1. The lowest BCUT2D eigenvalue weighted by Gasteiger charge is -2.12. The van der Waals surface area contributed by atoms with E-state index in [4.69, 9.17) is 4.74 Å². The molecule has 1 saturated carbocycles. The van der Waals surface area contributed by atoms with Gasteiger partial charge < -0.3 is 10.1 Å². The minimum Gasteiger partial charge on any atom is -0.495 e. The largest absolute Gasteiger partial charge is 0.495 e. The highest BCUT2D eigenvalue weighted by atomic mass is 32.2. The van der Waals surface area contributed by atoms with Crippen molar-refractivity contribution < 1.29 is 17.9 Å². The number of hydrogen-bond acceptors (Lipinski definition) is 5. The second-order valence-electron chi connectivity index (χ2n) is 7.02. The zero-order valence-corrected chi connectivity index (χ0v) is 17.6. The maximum absolute atomic E-state index is 12.6. The Morgan fingerprint density at radius 1 is 1.21 bits per heavy atom. The van der Waals surface area contributed by atoms with Gasteiger partial charge in [-0.25, -0.2) is 13.1 Å². The fourth-order valence-electron chi connectivity index (χ4n) is 3.15. The molecule has 1 amide bonds.